The third-order valence-corrected chi connectivity index (χ3v) is 8.15. The summed E-state index contributed by atoms with van der Waals surface area (Å²) in [5.41, 5.74) is 6.93. The normalized spacial score (nSPS) is 15.5. The van der Waals surface area contributed by atoms with E-state index in [1.165, 1.54) is 0 Å². The maximum absolute atomic E-state index is 12.2. The highest BCUT2D eigenvalue weighted by atomic mass is 32.2. The van der Waals surface area contributed by atoms with Gasteiger partial charge in [0, 0.05) is 34.1 Å². The van der Waals surface area contributed by atoms with Crippen LogP contribution in [0.3, 0.4) is 0 Å². The lowest BCUT2D eigenvalue weighted by molar-refractivity contribution is -0.121. The van der Waals surface area contributed by atoms with Crippen LogP contribution < -0.4 is 5.43 Å². The number of hydrogen-bond donors (Lipinski definition) is 1. The number of amides is 1. The Balaban J connectivity index is 1.73. The highest BCUT2D eigenvalue weighted by molar-refractivity contribution is 8.21. The van der Waals surface area contributed by atoms with Crippen molar-refractivity contribution in [2.24, 2.45) is 5.10 Å². The molecule has 160 valence electrons. The molecule has 0 unspecified atom stereocenters. The molecule has 3 rings (SSSR count). The fourth-order valence-electron chi connectivity index (χ4n) is 3.47. The lowest BCUT2D eigenvalue weighted by atomic mass is 10.2. The highest BCUT2D eigenvalue weighted by Gasteiger charge is 2.32. The molecule has 0 aliphatic carbocycles. The van der Waals surface area contributed by atoms with Gasteiger partial charge in [0.05, 0.1) is 28.9 Å². The maximum Gasteiger partial charge on any atom is 0.338 e. The number of carbonyl (C=O) groups is 2. The van der Waals surface area contributed by atoms with E-state index in [0.717, 1.165) is 34.1 Å². The number of benzene rings is 1. The lowest BCUT2D eigenvalue weighted by Crippen LogP contribution is -2.26. The predicted molar refractivity (Wildman–Crippen MR) is 125 cm³/mol. The van der Waals surface area contributed by atoms with E-state index < -0.39 is 0 Å². The van der Waals surface area contributed by atoms with E-state index >= 15 is 0 Å². The number of nitrogens with zero attached hydrogens (tertiary/aromatic N) is 2. The number of aryl methyl sites for hydroxylation is 1. The fourth-order valence-corrected chi connectivity index (χ4v) is 6.30. The molecule has 1 saturated heterocycles. The predicted octanol–water partition coefficient (Wildman–Crippen LogP) is 4.31. The summed E-state index contributed by atoms with van der Waals surface area (Å²) in [4.78, 5) is 24.3. The van der Waals surface area contributed by atoms with Crippen LogP contribution >= 0.6 is 23.5 Å². The van der Waals surface area contributed by atoms with E-state index in [4.69, 9.17) is 4.74 Å². The van der Waals surface area contributed by atoms with E-state index in [1.807, 2.05) is 61.6 Å². The molecule has 1 N–H and O–H groups in total. The van der Waals surface area contributed by atoms with Crippen LogP contribution in [-0.2, 0) is 9.53 Å². The Labute approximate surface area is 185 Å². The molecule has 8 heteroatoms. The zero-order chi connectivity index (χ0) is 21.7. The number of nitrogens with one attached hydrogen (secondary N) is 1. The third-order valence-electron chi connectivity index (χ3n) is 4.86. The number of ether oxygens (including phenoxy) is 1. The Kier molecular flexibility index (Phi) is 7.31. The molecule has 1 aliphatic rings. The average Bonchev–Trinajstić information content (AvgIpc) is 3.25. The van der Waals surface area contributed by atoms with Crippen molar-refractivity contribution in [1.29, 1.82) is 0 Å². The minimum atomic E-state index is -0.335. The molecule has 1 aromatic heterocycles. The van der Waals surface area contributed by atoms with E-state index in [-0.39, 0.29) is 16.0 Å². The average molecular weight is 446 g/mol. The molecule has 1 aromatic carbocycles. The summed E-state index contributed by atoms with van der Waals surface area (Å²) in [6, 6.07) is 9.36. The van der Waals surface area contributed by atoms with Gasteiger partial charge in [-0.15, -0.1) is 23.5 Å². The van der Waals surface area contributed by atoms with E-state index in [2.05, 4.69) is 22.0 Å². The summed E-state index contributed by atoms with van der Waals surface area (Å²) in [6.07, 6.45) is 2.11. The first-order valence-electron chi connectivity index (χ1n) is 9.89. The molecular weight excluding hydrogens is 418 g/mol. The van der Waals surface area contributed by atoms with Crippen LogP contribution in [0.15, 0.2) is 35.4 Å². The molecule has 0 atom stereocenters. The molecule has 0 saturated carbocycles. The van der Waals surface area contributed by atoms with E-state index in [0.29, 0.717) is 18.6 Å². The molecule has 30 heavy (non-hydrogen) atoms. The Hall–Kier alpha value is -2.19. The van der Waals surface area contributed by atoms with Gasteiger partial charge in [-0.1, -0.05) is 6.07 Å². The molecular formula is C22H27N3O3S2. The van der Waals surface area contributed by atoms with Gasteiger partial charge in [0.25, 0.3) is 0 Å². The minimum absolute atomic E-state index is 0.0562. The van der Waals surface area contributed by atoms with Crippen LogP contribution in [0.25, 0.3) is 5.69 Å². The second kappa shape index (κ2) is 9.75. The molecule has 1 fully saturated rings. The van der Waals surface area contributed by atoms with Gasteiger partial charge in [0.15, 0.2) is 0 Å². The van der Waals surface area contributed by atoms with Gasteiger partial charge in [-0.25, -0.2) is 10.2 Å². The first kappa shape index (κ1) is 22.5. The van der Waals surface area contributed by atoms with Gasteiger partial charge in [-0.3, -0.25) is 4.79 Å². The summed E-state index contributed by atoms with van der Waals surface area (Å²) in [5, 5.41) is 4.16. The molecule has 1 amide bonds. The Morgan fingerprint density at radius 2 is 2.00 bits per heavy atom. The molecule has 0 radical (unpaired) electrons. The Morgan fingerprint density at radius 3 is 2.70 bits per heavy atom. The number of rotatable bonds is 7. The zero-order valence-electron chi connectivity index (χ0n) is 17.7. The smallest absolute Gasteiger partial charge is 0.338 e. The summed E-state index contributed by atoms with van der Waals surface area (Å²) < 4.78 is 7.10. The standard InChI is InChI=1S/C22H27N3O3S2/c1-5-28-21(27)17-7-6-8-19(12-17)25-15(2)11-18(16(25)3)14-23-24-20(26)13-22(4)29-9-10-30-22/h6-8,11-12,14H,5,9-10,13H2,1-4H3,(H,24,26)/b23-14-. The highest BCUT2D eigenvalue weighted by Crippen LogP contribution is 2.45. The maximum atomic E-state index is 12.2. The summed E-state index contributed by atoms with van der Waals surface area (Å²) >= 11 is 3.66. The SMILES string of the molecule is CCOC(=O)c1cccc(-n2c(C)cc(/C=N\NC(=O)CC3(C)SCCS3)c2C)c1. The van der Waals surface area contributed by atoms with Gasteiger partial charge in [0.1, 0.15) is 0 Å². The van der Waals surface area contributed by atoms with Gasteiger partial charge in [0.2, 0.25) is 5.91 Å². The quantitative estimate of drug-likeness (QED) is 0.391. The van der Waals surface area contributed by atoms with Crippen LogP contribution in [0.5, 0.6) is 0 Å². The van der Waals surface area contributed by atoms with Gasteiger partial charge in [-0.05, 0) is 52.0 Å². The van der Waals surface area contributed by atoms with Crippen LogP contribution in [0.1, 0.15) is 47.6 Å². The van der Waals surface area contributed by atoms with Crippen molar-refractivity contribution >= 4 is 41.6 Å². The number of esters is 1. The van der Waals surface area contributed by atoms with Crippen molar-refractivity contribution in [2.75, 3.05) is 18.1 Å². The number of hydrogen-bond acceptors (Lipinski definition) is 6. The van der Waals surface area contributed by atoms with E-state index in [1.54, 1.807) is 19.2 Å². The summed E-state index contributed by atoms with van der Waals surface area (Å²) in [6.45, 7) is 8.22. The van der Waals surface area contributed by atoms with E-state index in [9.17, 15) is 9.59 Å². The summed E-state index contributed by atoms with van der Waals surface area (Å²) in [7, 11) is 0. The van der Waals surface area contributed by atoms with Gasteiger partial charge in [-0.2, -0.15) is 5.10 Å². The zero-order valence-corrected chi connectivity index (χ0v) is 19.4. The topological polar surface area (TPSA) is 72.7 Å². The minimum Gasteiger partial charge on any atom is -0.462 e. The van der Waals surface area contributed by atoms with Crippen molar-refractivity contribution < 1.29 is 14.3 Å². The van der Waals surface area contributed by atoms with Gasteiger partial charge < -0.3 is 9.30 Å². The number of carbonyl (C=O) groups excluding carboxylic acids is 2. The number of thioether (sulfide) groups is 2. The van der Waals surface area contributed by atoms with Crippen LogP contribution in [0.4, 0.5) is 0 Å². The lowest BCUT2D eigenvalue weighted by Gasteiger charge is -2.19. The van der Waals surface area contributed by atoms with Crippen LogP contribution in [-0.4, -0.2) is 44.8 Å². The second-order valence-corrected chi connectivity index (χ2v) is 10.7. The van der Waals surface area contributed by atoms with Crippen molar-refractivity contribution in [3.8, 4) is 5.69 Å². The van der Waals surface area contributed by atoms with Crippen molar-refractivity contribution in [3.63, 3.8) is 0 Å². The van der Waals surface area contributed by atoms with Crippen LogP contribution in [0, 0.1) is 13.8 Å². The fraction of sp³-hybridized carbons (Fsp3) is 0.409. The Bertz CT molecular complexity index is 963. The summed E-state index contributed by atoms with van der Waals surface area (Å²) in [5.74, 6) is 1.76. The van der Waals surface area contributed by atoms with Gasteiger partial charge >= 0.3 is 5.97 Å². The molecule has 6 nitrogen and oxygen atoms in total. The monoisotopic (exact) mass is 445 g/mol. The largest absolute Gasteiger partial charge is 0.462 e. The number of aromatic nitrogens is 1. The Morgan fingerprint density at radius 1 is 1.27 bits per heavy atom. The number of hydrazone groups is 1. The van der Waals surface area contributed by atoms with Crippen LogP contribution in [0.2, 0.25) is 0 Å². The molecule has 0 bridgehead atoms. The van der Waals surface area contributed by atoms with Crippen molar-refractivity contribution in [2.45, 2.75) is 38.2 Å². The van der Waals surface area contributed by atoms with Crippen molar-refractivity contribution in [3.05, 3.63) is 52.8 Å². The first-order valence-corrected chi connectivity index (χ1v) is 11.9. The molecule has 0 spiro atoms. The second-order valence-electron chi connectivity index (χ2n) is 7.23. The molecule has 2 heterocycles. The van der Waals surface area contributed by atoms with Crippen molar-refractivity contribution in [1.82, 2.24) is 9.99 Å². The molecule has 1 aliphatic heterocycles. The molecule has 2 aromatic rings. The third kappa shape index (κ3) is 5.29. The first-order chi connectivity index (χ1) is 14.3.